The fourth-order valence-corrected chi connectivity index (χ4v) is 3.44. The molecule has 3 aromatic heterocycles. The van der Waals surface area contributed by atoms with Crippen molar-refractivity contribution in [3.63, 3.8) is 0 Å². The van der Waals surface area contributed by atoms with Gasteiger partial charge in [-0.2, -0.15) is 5.10 Å². The Kier molecular flexibility index (Phi) is 3.69. The summed E-state index contributed by atoms with van der Waals surface area (Å²) in [5.74, 6) is 0.138. The highest BCUT2D eigenvalue weighted by molar-refractivity contribution is 6.00. The average Bonchev–Trinajstić information content (AvgIpc) is 3.31. The van der Waals surface area contributed by atoms with Crippen LogP contribution in [0, 0.1) is 5.82 Å². The zero-order valence-corrected chi connectivity index (χ0v) is 14.8. The second kappa shape index (κ2) is 6.13. The lowest BCUT2D eigenvalue weighted by molar-refractivity contribution is 0.0935. The number of halogens is 1. The molecule has 1 aliphatic carbocycles. The minimum atomic E-state index is -0.633. The van der Waals surface area contributed by atoms with Crippen LogP contribution in [0.1, 0.15) is 34.8 Å². The summed E-state index contributed by atoms with van der Waals surface area (Å²) in [5.41, 5.74) is 0.863. The number of aliphatic hydroxyl groups excluding tert-OH is 1. The molecule has 9 nitrogen and oxygen atoms in total. The number of amides is 1. The molecule has 4 heterocycles. The third-order valence-electron chi connectivity index (χ3n) is 5.20. The van der Waals surface area contributed by atoms with Gasteiger partial charge in [-0.05, 0) is 25.0 Å². The molecule has 28 heavy (non-hydrogen) atoms. The summed E-state index contributed by atoms with van der Waals surface area (Å²) in [4.78, 5) is 21.4. The van der Waals surface area contributed by atoms with Crippen LogP contribution in [-0.2, 0) is 0 Å². The highest BCUT2D eigenvalue weighted by Crippen LogP contribution is 2.37. The molecule has 1 amide bonds. The Balaban J connectivity index is 1.65. The molecule has 2 aliphatic rings. The molecule has 3 aromatic rings. The first-order chi connectivity index (χ1) is 13.6. The van der Waals surface area contributed by atoms with Crippen molar-refractivity contribution < 1.29 is 14.3 Å². The minimum Gasteiger partial charge on any atom is -0.394 e. The smallest absolute Gasteiger partial charge is 0.257 e. The van der Waals surface area contributed by atoms with Gasteiger partial charge in [0.15, 0.2) is 5.65 Å². The molecule has 1 saturated carbocycles. The quantitative estimate of drug-likeness (QED) is 0.497. The molecule has 5 rings (SSSR count). The zero-order chi connectivity index (χ0) is 19.3. The Morgan fingerprint density at radius 1 is 1.36 bits per heavy atom. The summed E-state index contributed by atoms with van der Waals surface area (Å²) in [5, 5.41) is 23.5. The number of aliphatic hydroxyl groups is 1. The number of anilines is 2. The Hall–Kier alpha value is -3.27. The molecule has 0 aromatic carbocycles. The maximum atomic E-state index is 13.9. The summed E-state index contributed by atoms with van der Waals surface area (Å²) in [6.45, 7) is 0.152. The number of pyridine rings is 1. The molecule has 1 aliphatic heterocycles. The standard InChI is InChI=1S/C18H18FN7O2/c19-10-5-11-13(8-27)23-14-1-4-26-16(24-14)12(7-22-26)17(28)25-18(2-3-18)9-21-15(11)20-6-10/h1,4-7,13,27H,2-3,8-9H2,(H,20,21)(H,23,24)(H,25,28). The fourth-order valence-electron chi connectivity index (χ4n) is 3.44. The normalized spacial score (nSPS) is 20.4. The van der Waals surface area contributed by atoms with E-state index in [4.69, 9.17) is 0 Å². The topological polar surface area (TPSA) is 116 Å². The Morgan fingerprint density at radius 2 is 2.21 bits per heavy atom. The predicted molar refractivity (Wildman–Crippen MR) is 98.6 cm³/mol. The first-order valence-electron chi connectivity index (χ1n) is 9.00. The lowest BCUT2D eigenvalue weighted by atomic mass is 10.1. The number of fused-ring (bicyclic) bond motifs is 2. The molecule has 2 bridgehead atoms. The van der Waals surface area contributed by atoms with Gasteiger partial charge < -0.3 is 21.1 Å². The number of aromatic nitrogens is 4. The molecule has 144 valence electrons. The van der Waals surface area contributed by atoms with E-state index in [1.807, 2.05) is 0 Å². The van der Waals surface area contributed by atoms with Gasteiger partial charge in [0.1, 0.15) is 23.0 Å². The molecule has 0 radical (unpaired) electrons. The van der Waals surface area contributed by atoms with Crippen LogP contribution in [0.4, 0.5) is 16.0 Å². The lowest BCUT2D eigenvalue weighted by Gasteiger charge is -2.22. The summed E-state index contributed by atoms with van der Waals surface area (Å²) < 4.78 is 15.4. The lowest BCUT2D eigenvalue weighted by Crippen LogP contribution is -2.42. The van der Waals surface area contributed by atoms with E-state index in [1.165, 1.54) is 16.8 Å². The summed E-state index contributed by atoms with van der Waals surface area (Å²) >= 11 is 0. The molecule has 1 unspecified atom stereocenters. The van der Waals surface area contributed by atoms with Crippen molar-refractivity contribution in [1.82, 2.24) is 24.9 Å². The van der Waals surface area contributed by atoms with Crippen molar-refractivity contribution in [1.29, 1.82) is 0 Å². The van der Waals surface area contributed by atoms with Crippen molar-refractivity contribution >= 4 is 23.2 Å². The highest BCUT2D eigenvalue weighted by atomic mass is 19.1. The molecule has 4 N–H and O–H groups in total. The van der Waals surface area contributed by atoms with Crippen LogP contribution < -0.4 is 16.0 Å². The van der Waals surface area contributed by atoms with Gasteiger partial charge in [0, 0.05) is 18.3 Å². The van der Waals surface area contributed by atoms with Gasteiger partial charge >= 0.3 is 0 Å². The minimum absolute atomic E-state index is 0.246. The van der Waals surface area contributed by atoms with Crippen molar-refractivity contribution in [3.05, 3.63) is 47.7 Å². The van der Waals surface area contributed by atoms with Crippen molar-refractivity contribution in [2.24, 2.45) is 0 Å². The van der Waals surface area contributed by atoms with Gasteiger partial charge in [-0.25, -0.2) is 18.9 Å². The number of carbonyl (C=O) groups excluding carboxylic acids is 1. The van der Waals surface area contributed by atoms with Crippen molar-refractivity contribution in [2.75, 3.05) is 23.8 Å². The largest absolute Gasteiger partial charge is 0.394 e. The van der Waals surface area contributed by atoms with Crippen LogP contribution in [0.25, 0.3) is 5.65 Å². The van der Waals surface area contributed by atoms with Gasteiger partial charge in [0.25, 0.3) is 5.91 Å². The Labute approximate surface area is 159 Å². The van der Waals surface area contributed by atoms with Crippen LogP contribution in [0.2, 0.25) is 0 Å². The first-order valence-corrected chi connectivity index (χ1v) is 9.00. The third-order valence-corrected chi connectivity index (χ3v) is 5.20. The van der Waals surface area contributed by atoms with E-state index in [1.54, 1.807) is 12.3 Å². The number of hydrogen-bond acceptors (Lipinski definition) is 7. The number of rotatable bonds is 1. The van der Waals surface area contributed by atoms with E-state index in [0.29, 0.717) is 35.0 Å². The number of nitrogens with zero attached hydrogens (tertiary/aromatic N) is 4. The van der Waals surface area contributed by atoms with Crippen LogP contribution in [0.3, 0.4) is 0 Å². The average molecular weight is 383 g/mol. The van der Waals surface area contributed by atoms with Gasteiger partial charge in [-0.3, -0.25) is 4.79 Å². The Morgan fingerprint density at radius 3 is 3.00 bits per heavy atom. The summed E-state index contributed by atoms with van der Waals surface area (Å²) in [6, 6.07) is 2.38. The van der Waals surface area contributed by atoms with E-state index < -0.39 is 17.4 Å². The monoisotopic (exact) mass is 383 g/mol. The van der Waals surface area contributed by atoms with E-state index in [0.717, 1.165) is 19.0 Å². The summed E-state index contributed by atoms with van der Waals surface area (Å²) in [6.07, 6.45) is 5.92. The van der Waals surface area contributed by atoms with Crippen LogP contribution >= 0.6 is 0 Å². The van der Waals surface area contributed by atoms with Crippen LogP contribution in [-0.4, -0.2) is 49.3 Å². The SMILES string of the molecule is O=C1NC2(CC2)CNc2ncc(F)cc2C(CO)Nc2ccn3ncc1c3n2. The van der Waals surface area contributed by atoms with Gasteiger partial charge in [-0.15, -0.1) is 0 Å². The summed E-state index contributed by atoms with van der Waals surface area (Å²) in [7, 11) is 0. The zero-order valence-electron chi connectivity index (χ0n) is 14.8. The Bertz CT molecular complexity index is 1080. The van der Waals surface area contributed by atoms with E-state index in [-0.39, 0.29) is 12.5 Å². The maximum absolute atomic E-state index is 13.9. The van der Waals surface area contributed by atoms with E-state index in [9.17, 15) is 14.3 Å². The fraction of sp³-hybridized carbons (Fsp3) is 0.333. The van der Waals surface area contributed by atoms with Crippen molar-refractivity contribution in [2.45, 2.75) is 24.4 Å². The third kappa shape index (κ3) is 2.82. The van der Waals surface area contributed by atoms with Crippen LogP contribution in [0.5, 0.6) is 0 Å². The molecule has 10 heteroatoms. The molecule has 1 spiro atoms. The van der Waals surface area contributed by atoms with Crippen LogP contribution in [0.15, 0.2) is 30.7 Å². The van der Waals surface area contributed by atoms with Crippen molar-refractivity contribution in [3.8, 4) is 0 Å². The molecular formula is C18H18FN7O2. The molecular weight excluding hydrogens is 365 g/mol. The molecule has 1 atom stereocenters. The van der Waals surface area contributed by atoms with E-state index >= 15 is 0 Å². The second-order valence-corrected chi connectivity index (χ2v) is 7.20. The highest BCUT2D eigenvalue weighted by Gasteiger charge is 2.44. The number of nitrogens with one attached hydrogen (secondary N) is 3. The number of hydrogen-bond donors (Lipinski definition) is 4. The number of carbonyl (C=O) groups is 1. The van der Waals surface area contributed by atoms with Gasteiger partial charge in [0.05, 0.1) is 30.6 Å². The maximum Gasteiger partial charge on any atom is 0.257 e. The first kappa shape index (κ1) is 16.9. The molecule has 1 fully saturated rings. The van der Waals surface area contributed by atoms with Gasteiger partial charge in [0.2, 0.25) is 0 Å². The van der Waals surface area contributed by atoms with Gasteiger partial charge in [-0.1, -0.05) is 0 Å². The second-order valence-electron chi connectivity index (χ2n) is 7.20. The molecule has 0 saturated heterocycles. The van der Waals surface area contributed by atoms with E-state index in [2.05, 4.69) is 31.0 Å². The predicted octanol–water partition coefficient (Wildman–Crippen LogP) is 1.10.